The minimum absolute atomic E-state index is 0.729. The molecule has 6 aromatic rings. The summed E-state index contributed by atoms with van der Waals surface area (Å²) in [6.45, 7) is 7.30. The molecular weight excluding hydrogens is 509 g/mol. The van der Waals surface area contributed by atoms with Crippen LogP contribution in [-0.4, -0.2) is 28.8 Å². The Hall–Kier alpha value is -3.77. The lowest BCUT2D eigenvalue weighted by atomic mass is 9.82. The number of hydrogen-bond donors (Lipinski definition) is 1. The number of rotatable bonds is 7. The molecule has 0 aliphatic rings. The van der Waals surface area contributed by atoms with Crippen molar-refractivity contribution >= 4 is 45.3 Å². The minimum atomic E-state index is -0.979. The molecule has 0 saturated carbocycles. The quantitative estimate of drug-likeness (QED) is 0.207. The lowest BCUT2D eigenvalue weighted by Gasteiger charge is -2.37. The zero-order valence-electron chi connectivity index (χ0n) is 23.2. The first-order valence-corrected chi connectivity index (χ1v) is 14.3. The van der Waals surface area contributed by atoms with Crippen LogP contribution in [0.3, 0.4) is 0 Å². The first-order valence-electron chi connectivity index (χ1n) is 13.5. The summed E-state index contributed by atoms with van der Waals surface area (Å²) in [4.78, 5) is 6.49. The van der Waals surface area contributed by atoms with E-state index in [0.29, 0.717) is 0 Å². The highest BCUT2D eigenvalue weighted by molar-refractivity contribution is 7.24. The molecule has 5 heteroatoms. The van der Waals surface area contributed by atoms with Crippen LogP contribution in [0.5, 0.6) is 0 Å². The van der Waals surface area contributed by atoms with Gasteiger partial charge in [-0.25, -0.2) is 4.98 Å². The SMILES string of the molecule is CC(C)(O)C(C)(C)O[B]c1ccc(-c2nc3ccccc3c3sc(-c4ccccc4)c(-c4ccccc4)c23)cc1. The molecule has 40 heavy (non-hydrogen) atoms. The van der Waals surface area contributed by atoms with Gasteiger partial charge in [-0.2, -0.15) is 0 Å². The maximum absolute atomic E-state index is 10.5. The van der Waals surface area contributed by atoms with Crippen LogP contribution < -0.4 is 5.46 Å². The molecule has 0 aliphatic heterocycles. The van der Waals surface area contributed by atoms with Crippen molar-refractivity contribution in [1.82, 2.24) is 4.98 Å². The fraction of sp³-hybridized carbons (Fsp3) is 0.171. The van der Waals surface area contributed by atoms with E-state index in [4.69, 9.17) is 9.64 Å². The molecule has 2 heterocycles. The van der Waals surface area contributed by atoms with E-state index >= 15 is 0 Å². The van der Waals surface area contributed by atoms with Gasteiger partial charge in [0.1, 0.15) is 0 Å². The smallest absolute Gasteiger partial charge is 0.330 e. The Morgan fingerprint density at radius 3 is 1.95 bits per heavy atom. The fourth-order valence-corrected chi connectivity index (χ4v) is 6.11. The molecule has 0 spiro atoms. The van der Waals surface area contributed by atoms with Gasteiger partial charge in [0.25, 0.3) is 0 Å². The predicted molar refractivity (Wildman–Crippen MR) is 170 cm³/mol. The number of pyridine rings is 1. The second-order valence-corrected chi connectivity index (χ2v) is 12.2. The molecule has 0 saturated heterocycles. The molecule has 197 valence electrons. The maximum atomic E-state index is 10.5. The van der Waals surface area contributed by atoms with Crippen molar-refractivity contribution in [2.45, 2.75) is 38.9 Å². The minimum Gasteiger partial charge on any atom is -0.427 e. The summed E-state index contributed by atoms with van der Waals surface area (Å²) in [5.41, 5.74) is 5.81. The number of fused-ring (bicyclic) bond motifs is 3. The maximum Gasteiger partial charge on any atom is 0.330 e. The Kier molecular flexibility index (Phi) is 6.83. The molecule has 4 aromatic carbocycles. The highest BCUT2D eigenvalue weighted by Gasteiger charge is 2.35. The van der Waals surface area contributed by atoms with Crippen molar-refractivity contribution in [3.05, 3.63) is 109 Å². The summed E-state index contributed by atoms with van der Waals surface area (Å²) in [6.07, 6.45) is 0. The molecule has 0 unspecified atom stereocenters. The summed E-state index contributed by atoms with van der Waals surface area (Å²) in [5.74, 6) is 0. The molecule has 0 aliphatic carbocycles. The van der Waals surface area contributed by atoms with E-state index in [1.54, 1.807) is 21.3 Å². The van der Waals surface area contributed by atoms with Gasteiger partial charge in [0, 0.05) is 31.5 Å². The number of aromatic nitrogens is 1. The van der Waals surface area contributed by atoms with Crippen LogP contribution in [0.4, 0.5) is 0 Å². The van der Waals surface area contributed by atoms with Gasteiger partial charge in [-0.05, 0) is 44.9 Å². The van der Waals surface area contributed by atoms with E-state index in [0.717, 1.165) is 27.6 Å². The molecule has 0 fully saturated rings. The summed E-state index contributed by atoms with van der Waals surface area (Å²) in [6, 6.07) is 38.0. The van der Waals surface area contributed by atoms with E-state index in [-0.39, 0.29) is 0 Å². The van der Waals surface area contributed by atoms with Gasteiger partial charge in [-0.1, -0.05) is 109 Å². The Morgan fingerprint density at radius 2 is 1.30 bits per heavy atom. The Balaban J connectivity index is 1.54. The van der Waals surface area contributed by atoms with E-state index < -0.39 is 11.2 Å². The zero-order valence-corrected chi connectivity index (χ0v) is 24.0. The Morgan fingerprint density at radius 1 is 0.700 bits per heavy atom. The van der Waals surface area contributed by atoms with Crippen molar-refractivity contribution in [3.8, 4) is 32.8 Å². The molecule has 0 amide bonds. The van der Waals surface area contributed by atoms with Crippen molar-refractivity contribution in [2.75, 3.05) is 0 Å². The van der Waals surface area contributed by atoms with Gasteiger partial charge < -0.3 is 9.76 Å². The average Bonchev–Trinajstić information content (AvgIpc) is 3.37. The van der Waals surface area contributed by atoms with Gasteiger partial charge in [-0.15, -0.1) is 11.3 Å². The molecule has 1 radical (unpaired) electrons. The average molecular weight is 541 g/mol. The van der Waals surface area contributed by atoms with Gasteiger partial charge >= 0.3 is 7.48 Å². The van der Waals surface area contributed by atoms with Crippen molar-refractivity contribution in [1.29, 1.82) is 0 Å². The standard InChI is InChI=1S/C35H31BNO2S/c1-34(2,38)35(3,4)39-36-26-21-19-24(20-22-26)31-30-29(23-13-7-5-8-14-23)32(25-15-9-6-10-16-25)40-33(30)27-17-11-12-18-28(27)37-31/h5-22,38H,1-4H3. The third-order valence-electron chi connectivity index (χ3n) is 7.77. The molecule has 3 nitrogen and oxygen atoms in total. The Bertz CT molecular complexity index is 1790. The normalized spacial score (nSPS) is 12.2. The number of para-hydroxylation sites is 1. The number of benzene rings is 4. The van der Waals surface area contributed by atoms with E-state index in [9.17, 15) is 5.11 Å². The first kappa shape index (κ1) is 26.5. The van der Waals surface area contributed by atoms with Gasteiger partial charge in [0.05, 0.1) is 22.4 Å². The largest absolute Gasteiger partial charge is 0.427 e. The van der Waals surface area contributed by atoms with Crippen LogP contribution in [-0.2, 0) is 4.65 Å². The molecule has 6 rings (SSSR count). The van der Waals surface area contributed by atoms with Crippen LogP contribution >= 0.6 is 11.3 Å². The van der Waals surface area contributed by atoms with Crippen LogP contribution in [0.15, 0.2) is 109 Å². The predicted octanol–water partition coefficient (Wildman–Crippen LogP) is 8.26. The van der Waals surface area contributed by atoms with E-state index in [1.807, 2.05) is 37.3 Å². The van der Waals surface area contributed by atoms with E-state index in [2.05, 4.69) is 97.1 Å². The molecule has 1 N–H and O–H groups in total. The summed E-state index contributed by atoms with van der Waals surface area (Å²) in [7, 11) is 1.72. The second kappa shape index (κ2) is 10.3. The van der Waals surface area contributed by atoms with Crippen LogP contribution in [0, 0.1) is 0 Å². The van der Waals surface area contributed by atoms with Gasteiger partial charge in [-0.3, -0.25) is 0 Å². The van der Waals surface area contributed by atoms with Crippen LogP contribution in [0.1, 0.15) is 27.7 Å². The Labute approximate surface area is 240 Å². The molecule has 0 atom stereocenters. The third kappa shape index (κ3) is 4.86. The van der Waals surface area contributed by atoms with Crippen LogP contribution in [0.25, 0.3) is 53.8 Å². The fourth-order valence-electron chi connectivity index (χ4n) is 4.75. The number of thiophene rings is 1. The number of aliphatic hydroxyl groups is 1. The van der Waals surface area contributed by atoms with E-state index in [1.165, 1.54) is 31.7 Å². The third-order valence-corrected chi connectivity index (χ3v) is 9.04. The summed E-state index contributed by atoms with van der Waals surface area (Å²) in [5, 5.41) is 12.8. The lowest BCUT2D eigenvalue weighted by molar-refractivity contribution is -0.0893. The molecule has 0 bridgehead atoms. The monoisotopic (exact) mass is 540 g/mol. The molecular formula is C35H31BNO2S. The van der Waals surface area contributed by atoms with Crippen LogP contribution in [0.2, 0.25) is 0 Å². The zero-order chi connectivity index (χ0) is 27.9. The van der Waals surface area contributed by atoms with Crippen molar-refractivity contribution in [3.63, 3.8) is 0 Å². The van der Waals surface area contributed by atoms with Crippen molar-refractivity contribution < 1.29 is 9.76 Å². The topological polar surface area (TPSA) is 42.4 Å². The number of hydrogen-bond acceptors (Lipinski definition) is 4. The number of nitrogens with zero attached hydrogens (tertiary/aromatic N) is 1. The van der Waals surface area contributed by atoms with Crippen molar-refractivity contribution in [2.24, 2.45) is 0 Å². The summed E-state index contributed by atoms with van der Waals surface area (Å²) >= 11 is 1.84. The lowest BCUT2D eigenvalue weighted by Crippen LogP contribution is -2.49. The van der Waals surface area contributed by atoms with Gasteiger partial charge in [0.15, 0.2) is 0 Å². The second-order valence-electron chi connectivity index (χ2n) is 11.1. The summed E-state index contributed by atoms with van der Waals surface area (Å²) < 4.78 is 7.23. The van der Waals surface area contributed by atoms with Gasteiger partial charge in [0.2, 0.25) is 0 Å². The first-order chi connectivity index (χ1) is 19.2. The molecule has 2 aromatic heterocycles. The highest BCUT2D eigenvalue weighted by Crippen LogP contribution is 2.49. The highest BCUT2D eigenvalue weighted by atomic mass is 32.1.